The van der Waals surface area contributed by atoms with Gasteiger partial charge in [-0.15, -0.1) is 0 Å². The molecule has 1 heterocycles. The van der Waals surface area contributed by atoms with E-state index in [9.17, 15) is 0 Å². The molecular formula is C9H14N2O. The maximum absolute atomic E-state index is 5.98. The maximum atomic E-state index is 5.98. The summed E-state index contributed by atoms with van der Waals surface area (Å²) in [5, 5.41) is 0. The van der Waals surface area contributed by atoms with Crippen LogP contribution < -0.4 is 10.5 Å². The van der Waals surface area contributed by atoms with Crippen LogP contribution in [0.1, 0.15) is 24.6 Å². The summed E-state index contributed by atoms with van der Waals surface area (Å²) in [6.45, 7) is 0. The number of aromatic nitrogens is 1. The second kappa shape index (κ2) is 2.83. The first kappa shape index (κ1) is 7.68. The lowest BCUT2D eigenvalue weighted by Crippen LogP contribution is -2.12. The summed E-state index contributed by atoms with van der Waals surface area (Å²) < 4.78 is 5.06. The Hall–Kier alpha value is -0.960. The number of nitrogens with one attached hydrogen (secondary N) is 1. The molecule has 0 unspecified atom stereocenters. The van der Waals surface area contributed by atoms with Gasteiger partial charge in [-0.25, -0.2) is 0 Å². The van der Waals surface area contributed by atoms with E-state index in [4.69, 9.17) is 10.5 Å². The van der Waals surface area contributed by atoms with Crippen LogP contribution in [0.4, 0.5) is 0 Å². The molecule has 1 saturated carbocycles. The topological polar surface area (TPSA) is 51.0 Å². The Bertz CT molecular complexity index is 265. The van der Waals surface area contributed by atoms with Crippen molar-refractivity contribution in [3.05, 3.63) is 18.0 Å². The van der Waals surface area contributed by atoms with E-state index >= 15 is 0 Å². The van der Waals surface area contributed by atoms with Crippen LogP contribution in [0.2, 0.25) is 0 Å². The Morgan fingerprint density at radius 2 is 2.42 bits per heavy atom. The fraction of sp³-hybridized carbons (Fsp3) is 0.556. The number of methoxy groups -OCH3 is 1. The first-order chi connectivity index (χ1) is 5.81. The zero-order valence-corrected chi connectivity index (χ0v) is 7.21. The van der Waals surface area contributed by atoms with Crippen LogP contribution in [0, 0.1) is 5.92 Å². The summed E-state index contributed by atoms with van der Waals surface area (Å²) in [5.74, 6) is 1.55. The second-order valence-electron chi connectivity index (χ2n) is 3.36. The van der Waals surface area contributed by atoms with Crippen molar-refractivity contribution in [1.29, 1.82) is 0 Å². The number of nitrogens with two attached hydrogens (primary N) is 1. The molecular weight excluding hydrogens is 152 g/mol. The lowest BCUT2D eigenvalue weighted by atomic mass is 10.1. The number of hydrogen-bond donors (Lipinski definition) is 2. The van der Waals surface area contributed by atoms with Gasteiger partial charge in [0.25, 0.3) is 0 Å². The zero-order chi connectivity index (χ0) is 8.55. The lowest BCUT2D eigenvalue weighted by molar-refractivity contribution is 0.415. The van der Waals surface area contributed by atoms with Crippen molar-refractivity contribution in [3.8, 4) is 5.75 Å². The highest BCUT2D eigenvalue weighted by molar-refractivity contribution is 5.25. The van der Waals surface area contributed by atoms with Crippen LogP contribution in [0.3, 0.4) is 0 Å². The molecule has 1 aromatic heterocycles. The van der Waals surface area contributed by atoms with Gasteiger partial charge in [0.2, 0.25) is 0 Å². The minimum atomic E-state index is 0.175. The van der Waals surface area contributed by atoms with E-state index in [0.29, 0.717) is 5.92 Å². The summed E-state index contributed by atoms with van der Waals surface area (Å²) in [5.41, 5.74) is 7.07. The molecule has 0 bridgehead atoms. The van der Waals surface area contributed by atoms with Gasteiger partial charge in [-0.3, -0.25) is 0 Å². The minimum absolute atomic E-state index is 0.175. The molecule has 0 aliphatic heterocycles. The van der Waals surface area contributed by atoms with E-state index in [1.165, 1.54) is 12.8 Å². The van der Waals surface area contributed by atoms with Crippen molar-refractivity contribution in [2.24, 2.45) is 11.7 Å². The highest BCUT2D eigenvalue weighted by Crippen LogP contribution is 2.39. The first-order valence-corrected chi connectivity index (χ1v) is 4.29. The molecule has 3 N–H and O–H groups in total. The Morgan fingerprint density at radius 1 is 1.67 bits per heavy atom. The van der Waals surface area contributed by atoms with Crippen LogP contribution in [-0.4, -0.2) is 12.1 Å². The van der Waals surface area contributed by atoms with Crippen molar-refractivity contribution >= 4 is 0 Å². The van der Waals surface area contributed by atoms with E-state index in [-0.39, 0.29) is 6.04 Å². The van der Waals surface area contributed by atoms with Gasteiger partial charge in [0.05, 0.1) is 7.11 Å². The maximum Gasteiger partial charge on any atom is 0.136 e. The molecule has 12 heavy (non-hydrogen) atoms. The monoisotopic (exact) mass is 166 g/mol. The Labute approximate surface area is 71.9 Å². The molecule has 66 valence electrons. The molecule has 1 atom stereocenters. The van der Waals surface area contributed by atoms with E-state index in [0.717, 1.165) is 11.4 Å². The number of rotatable bonds is 3. The summed E-state index contributed by atoms with van der Waals surface area (Å²) in [6.07, 6.45) is 4.38. The number of aromatic amines is 1. The average molecular weight is 166 g/mol. The largest absolute Gasteiger partial charge is 0.495 e. The smallest absolute Gasteiger partial charge is 0.136 e. The predicted molar refractivity (Wildman–Crippen MR) is 47.0 cm³/mol. The van der Waals surface area contributed by atoms with Crippen molar-refractivity contribution < 1.29 is 4.74 Å². The molecule has 0 spiro atoms. The van der Waals surface area contributed by atoms with Gasteiger partial charge in [0.15, 0.2) is 0 Å². The molecule has 0 amide bonds. The van der Waals surface area contributed by atoms with Gasteiger partial charge in [-0.05, 0) is 18.8 Å². The van der Waals surface area contributed by atoms with Gasteiger partial charge in [-0.2, -0.15) is 0 Å². The lowest BCUT2D eigenvalue weighted by Gasteiger charge is -2.06. The molecule has 1 aliphatic carbocycles. The van der Waals surface area contributed by atoms with E-state index in [2.05, 4.69) is 4.98 Å². The molecule has 0 saturated heterocycles. The van der Waals surface area contributed by atoms with Gasteiger partial charge >= 0.3 is 0 Å². The molecule has 1 fully saturated rings. The molecule has 1 aromatic rings. The second-order valence-corrected chi connectivity index (χ2v) is 3.36. The van der Waals surface area contributed by atoms with E-state index < -0.39 is 0 Å². The van der Waals surface area contributed by atoms with Crippen LogP contribution >= 0.6 is 0 Å². The molecule has 3 nitrogen and oxygen atoms in total. The van der Waals surface area contributed by atoms with Gasteiger partial charge < -0.3 is 15.5 Å². The fourth-order valence-corrected chi connectivity index (χ4v) is 1.41. The predicted octanol–water partition coefficient (Wildman–Crippen LogP) is 1.43. The van der Waals surface area contributed by atoms with Gasteiger partial charge in [-0.1, -0.05) is 0 Å². The highest BCUT2D eigenvalue weighted by atomic mass is 16.5. The van der Waals surface area contributed by atoms with Gasteiger partial charge in [0.1, 0.15) is 5.75 Å². The fourth-order valence-electron chi connectivity index (χ4n) is 1.41. The van der Waals surface area contributed by atoms with Crippen LogP contribution in [-0.2, 0) is 0 Å². The number of H-pyrrole nitrogens is 1. The number of hydrogen-bond acceptors (Lipinski definition) is 2. The Morgan fingerprint density at radius 3 is 2.92 bits per heavy atom. The van der Waals surface area contributed by atoms with E-state index in [1.54, 1.807) is 7.11 Å². The third-order valence-electron chi connectivity index (χ3n) is 2.40. The van der Waals surface area contributed by atoms with Crippen LogP contribution in [0.25, 0.3) is 0 Å². The summed E-state index contributed by atoms with van der Waals surface area (Å²) in [7, 11) is 1.66. The standard InChI is InChI=1S/C9H14N2O/c1-12-7-4-8(11-5-7)9(10)6-2-3-6/h4-6,9,11H,2-3,10H2,1H3/t9-/m0/s1. The Kier molecular flexibility index (Phi) is 1.81. The van der Waals surface area contributed by atoms with Crippen LogP contribution in [0.5, 0.6) is 5.75 Å². The molecule has 2 rings (SSSR count). The average Bonchev–Trinajstić information content (AvgIpc) is 2.82. The van der Waals surface area contributed by atoms with Crippen LogP contribution in [0.15, 0.2) is 12.3 Å². The van der Waals surface area contributed by atoms with Gasteiger partial charge in [0, 0.05) is 24.0 Å². The zero-order valence-electron chi connectivity index (χ0n) is 7.21. The molecule has 3 heteroatoms. The third kappa shape index (κ3) is 1.32. The van der Waals surface area contributed by atoms with Crippen molar-refractivity contribution in [1.82, 2.24) is 4.98 Å². The first-order valence-electron chi connectivity index (χ1n) is 4.29. The van der Waals surface area contributed by atoms with Crippen molar-refractivity contribution in [2.45, 2.75) is 18.9 Å². The minimum Gasteiger partial charge on any atom is -0.495 e. The summed E-state index contributed by atoms with van der Waals surface area (Å²) in [6, 6.07) is 2.15. The van der Waals surface area contributed by atoms with Crippen molar-refractivity contribution in [3.63, 3.8) is 0 Å². The quantitative estimate of drug-likeness (QED) is 0.713. The van der Waals surface area contributed by atoms with E-state index in [1.807, 2.05) is 12.3 Å². The SMILES string of the molecule is COc1c[nH]c([C@@H](N)C2CC2)c1. The normalized spacial score (nSPS) is 19.2. The molecule has 0 radical (unpaired) electrons. The summed E-state index contributed by atoms with van der Waals surface area (Å²) >= 11 is 0. The molecule has 0 aromatic carbocycles. The molecule has 1 aliphatic rings. The third-order valence-corrected chi connectivity index (χ3v) is 2.40. The van der Waals surface area contributed by atoms with Crippen molar-refractivity contribution in [2.75, 3.05) is 7.11 Å². The Balaban J connectivity index is 2.10. The highest BCUT2D eigenvalue weighted by Gasteiger charge is 2.30. The summed E-state index contributed by atoms with van der Waals surface area (Å²) in [4.78, 5) is 3.13. The number of ether oxygens (including phenoxy) is 1.